The Bertz CT molecular complexity index is 882. The predicted octanol–water partition coefficient (Wildman–Crippen LogP) is 4.88. The summed E-state index contributed by atoms with van der Waals surface area (Å²) in [5, 5.41) is 0. The summed E-state index contributed by atoms with van der Waals surface area (Å²) < 4.78 is 0. The van der Waals surface area contributed by atoms with E-state index in [2.05, 4.69) is 0 Å². The summed E-state index contributed by atoms with van der Waals surface area (Å²) in [7, 11) is 0. The molecule has 5 rings (SSSR count). The third kappa shape index (κ3) is 3.25. The summed E-state index contributed by atoms with van der Waals surface area (Å²) in [6.07, 6.45) is 3.39. The van der Waals surface area contributed by atoms with E-state index in [0.717, 1.165) is 30.4 Å². The quantitative estimate of drug-likeness (QED) is 0.746. The largest absolute Gasteiger partial charge is 0.322 e. The molecule has 152 valence electrons. The molecule has 29 heavy (non-hydrogen) atoms. The van der Waals surface area contributed by atoms with Gasteiger partial charge in [0.1, 0.15) is 11.6 Å². The number of benzene rings is 2. The normalized spacial score (nSPS) is 26.8. The Balaban J connectivity index is 1.76. The fraction of sp³-hybridized carbons (Fsp3) is 0.440. The predicted molar refractivity (Wildman–Crippen MR) is 114 cm³/mol. The monoisotopic (exact) mass is 390 g/mol. The number of hydrogen-bond donors (Lipinski definition) is 0. The summed E-state index contributed by atoms with van der Waals surface area (Å²) in [6, 6.07) is 19.5. The zero-order valence-electron chi connectivity index (χ0n) is 17.5. The number of carbonyl (C=O) groups excluding carboxylic acids is 2. The van der Waals surface area contributed by atoms with E-state index < -0.39 is 11.6 Å². The van der Waals surface area contributed by atoms with E-state index in [4.69, 9.17) is 0 Å². The Morgan fingerprint density at radius 1 is 0.862 bits per heavy atom. The van der Waals surface area contributed by atoms with Crippen LogP contribution in [0, 0.1) is 0 Å². The Morgan fingerprint density at radius 2 is 1.41 bits per heavy atom. The number of piperazine rings is 1. The van der Waals surface area contributed by atoms with Crippen LogP contribution >= 0.6 is 0 Å². The van der Waals surface area contributed by atoms with Crippen molar-refractivity contribution in [3.8, 4) is 0 Å². The minimum absolute atomic E-state index is 0.0842. The summed E-state index contributed by atoms with van der Waals surface area (Å²) in [5.74, 6) is 0.173. The van der Waals surface area contributed by atoms with E-state index in [-0.39, 0.29) is 23.9 Å². The Labute approximate surface area is 173 Å². The Hall–Kier alpha value is -2.62. The van der Waals surface area contributed by atoms with Crippen molar-refractivity contribution < 1.29 is 9.59 Å². The third-order valence-electron chi connectivity index (χ3n) is 6.84. The van der Waals surface area contributed by atoms with E-state index in [1.807, 2.05) is 91.2 Å². The lowest BCUT2D eigenvalue weighted by atomic mass is 9.79. The van der Waals surface area contributed by atoms with Gasteiger partial charge < -0.3 is 9.80 Å². The highest BCUT2D eigenvalue weighted by Crippen LogP contribution is 2.43. The second-order valence-corrected chi connectivity index (χ2v) is 8.63. The second kappa shape index (κ2) is 7.66. The van der Waals surface area contributed by atoms with Crippen LogP contribution in [0.25, 0.3) is 0 Å². The van der Waals surface area contributed by atoms with Crippen molar-refractivity contribution in [2.24, 2.45) is 0 Å². The molecule has 0 N–H and O–H groups in total. The molecule has 0 saturated carbocycles. The molecule has 3 fully saturated rings. The van der Waals surface area contributed by atoms with Gasteiger partial charge in [0.2, 0.25) is 11.8 Å². The molecule has 3 aliphatic rings. The van der Waals surface area contributed by atoms with Gasteiger partial charge in [0.15, 0.2) is 0 Å². The van der Waals surface area contributed by atoms with Gasteiger partial charge in [-0.15, -0.1) is 0 Å². The van der Waals surface area contributed by atoms with Crippen LogP contribution in [0.4, 0.5) is 0 Å². The number of nitrogens with zero attached hydrogens (tertiary/aromatic N) is 2. The average Bonchev–Trinajstić information content (AvgIpc) is 2.74. The summed E-state index contributed by atoms with van der Waals surface area (Å²) in [6.45, 7) is 6.07. The molecule has 3 heterocycles. The molecule has 2 aromatic rings. The van der Waals surface area contributed by atoms with Gasteiger partial charge in [-0.1, -0.05) is 73.5 Å². The van der Waals surface area contributed by atoms with Crippen molar-refractivity contribution in [1.82, 2.24) is 9.80 Å². The fourth-order valence-electron chi connectivity index (χ4n) is 5.18. The molecule has 4 atom stereocenters. The lowest BCUT2D eigenvalue weighted by Gasteiger charge is -2.56. The average molecular weight is 391 g/mol. The lowest BCUT2D eigenvalue weighted by molar-refractivity contribution is -0.179. The van der Waals surface area contributed by atoms with Crippen molar-refractivity contribution in [2.75, 3.05) is 0 Å². The molecular formula is C25H30N2O2. The van der Waals surface area contributed by atoms with Gasteiger partial charge in [-0.25, -0.2) is 0 Å². The fourth-order valence-corrected chi connectivity index (χ4v) is 5.18. The molecule has 4 nitrogen and oxygen atoms in total. The van der Waals surface area contributed by atoms with Crippen molar-refractivity contribution in [3.63, 3.8) is 0 Å². The van der Waals surface area contributed by atoms with Gasteiger partial charge in [-0.05, 0) is 44.7 Å². The van der Waals surface area contributed by atoms with Crippen LogP contribution in [0.2, 0.25) is 0 Å². The first-order chi connectivity index (χ1) is 13.9. The van der Waals surface area contributed by atoms with Crippen molar-refractivity contribution >= 4 is 11.8 Å². The molecule has 3 aliphatic heterocycles. The van der Waals surface area contributed by atoms with Gasteiger partial charge in [0.25, 0.3) is 0 Å². The SMILES string of the molecule is C[C@@H](c1ccccc1)N1C(=O)[C@@]2(C)CCCC[C@@H]1C(=O)N2[C@@H](C)c1ccccc1. The van der Waals surface area contributed by atoms with Crippen LogP contribution in [0.15, 0.2) is 60.7 Å². The molecule has 0 unspecified atom stereocenters. The van der Waals surface area contributed by atoms with Crippen LogP contribution in [0.5, 0.6) is 0 Å². The zero-order valence-corrected chi connectivity index (χ0v) is 17.5. The summed E-state index contributed by atoms with van der Waals surface area (Å²) in [5.41, 5.74) is 1.33. The van der Waals surface area contributed by atoms with Crippen LogP contribution in [-0.4, -0.2) is 33.2 Å². The minimum atomic E-state index is -0.813. The minimum Gasteiger partial charge on any atom is -0.322 e. The first-order valence-corrected chi connectivity index (χ1v) is 10.7. The zero-order chi connectivity index (χ0) is 20.6. The van der Waals surface area contributed by atoms with Gasteiger partial charge in [0, 0.05) is 0 Å². The van der Waals surface area contributed by atoms with Gasteiger partial charge in [-0.3, -0.25) is 9.59 Å². The number of rotatable bonds is 4. The highest BCUT2D eigenvalue weighted by atomic mass is 16.2. The molecule has 2 aromatic carbocycles. The van der Waals surface area contributed by atoms with E-state index in [0.29, 0.717) is 6.42 Å². The Morgan fingerprint density at radius 3 is 2.00 bits per heavy atom. The Kier molecular flexibility index (Phi) is 5.20. The maximum atomic E-state index is 13.9. The second-order valence-electron chi connectivity index (χ2n) is 8.63. The van der Waals surface area contributed by atoms with Crippen molar-refractivity contribution in [3.05, 3.63) is 71.8 Å². The number of hydrogen-bond acceptors (Lipinski definition) is 2. The summed E-state index contributed by atoms with van der Waals surface area (Å²) >= 11 is 0. The van der Waals surface area contributed by atoms with Gasteiger partial charge in [-0.2, -0.15) is 0 Å². The molecule has 4 heteroatoms. The molecule has 3 saturated heterocycles. The molecule has 0 spiro atoms. The van der Waals surface area contributed by atoms with Crippen LogP contribution in [0.3, 0.4) is 0 Å². The first kappa shape index (κ1) is 19.7. The lowest BCUT2D eigenvalue weighted by Crippen LogP contribution is -2.71. The van der Waals surface area contributed by atoms with E-state index in [1.54, 1.807) is 0 Å². The summed E-state index contributed by atoms with van der Waals surface area (Å²) in [4.78, 5) is 31.5. The van der Waals surface area contributed by atoms with Gasteiger partial charge >= 0.3 is 0 Å². The van der Waals surface area contributed by atoms with Crippen LogP contribution < -0.4 is 0 Å². The molecule has 2 amide bonds. The number of amides is 2. The topological polar surface area (TPSA) is 40.6 Å². The molecule has 2 bridgehead atoms. The number of carbonyl (C=O) groups is 2. The van der Waals surface area contributed by atoms with Crippen molar-refractivity contribution in [1.29, 1.82) is 0 Å². The van der Waals surface area contributed by atoms with E-state index in [9.17, 15) is 9.59 Å². The molecule has 0 radical (unpaired) electrons. The van der Waals surface area contributed by atoms with Crippen LogP contribution in [0.1, 0.15) is 69.7 Å². The third-order valence-corrected chi connectivity index (χ3v) is 6.84. The van der Waals surface area contributed by atoms with Gasteiger partial charge in [0.05, 0.1) is 12.1 Å². The maximum absolute atomic E-state index is 13.9. The smallest absolute Gasteiger partial charge is 0.249 e. The molecule has 0 aliphatic carbocycles. The van der Waals surface area contributed by atoms with E-state index >= 15 is 0 Å². The van der Waals surface area contributed by atoms with E-state index in [1.165, 1.54) is 0 Å². The van der Waals surface area contributed by atoms with Crippen LogP contribution in [-0.2, 0) is 9.59 Å². The first-order valence-electron chi connectivity index (χ1n) is 10.7. The standard InChI is InChI=1S/C25H30N2O2/c1-18(20-12-6-4-7-13-20)26-22-16-10-11-17-25(3,24(26)29)27(23(22)28)19(2)21-14-8-5-9-15-21/h4-9,12-15,18-19,22H,10-11,16-17H2,1-3H3/t18-,19-,22+,25+/m0/s1. The highest BCUT2D eigenvalue weighted by molar-refractivity contribution is 6.00. The van der Waals surface area contributed by atoms with Crippen molar-refractivity contribution in [2.45, 2.75) is 70.1 Å². The maximum Gasteiger partial charge on any atom is 0.249 e. The number of fused-ring (bicyclic) bond motifs is 5. The molecular weight excluding hydrogens is 360 g/mol. The molecule has 0 aromatic heterocycles. The highest BCUT2D eigenvalue weighted by Gasteiger charge is 2.56.